The standard InChI is InChI=1S/C16H20N2O2/c1-17-11-16(20-15(17)19)7-9-18-8-6-12-4-2-3-5-13(12)14(18)10-16/h2-5,14H,6-11H2,1H3/t14-,16+/m0/s1. The van der Waals surface area contributed by atoms with Crippen LogP contribution in [-0.4, -0.2) is 48.2 Å². The Labute approximate surface area is 119 Å². The largest absolute Gasteiger partial charge is 0.441 e. The van der Waals surface area contributed by atoms with E-state index in [9.17, 15) is 4.79 Å². The van der Waals surface area contributed by atoms with Crippen LogP contribution in [0, 0.1) is 0 Å². The van der Waals surface area contributed by atoms with Crippen LogP contribution >= 0.6 is 0 Å². The van der Waals surface area contributed by atoms with Crippen LogP contribution in [0.4, 0.5) is 4.79 Å². The third-order valence-corrected chi connectivity index (χ3v) is 5.08. The number of carbonyl (C=O) groups is 1. The highest BCUT2D eigenvalue weighted by Gasteiger charge is 2.49. The molecule has 2 atom stereocenters. The summed E-state index contributed by atoms with van der Waals surface area (Å²) in [6, 6.07) is 9.13. The summed E-state index contributed by atoms with van der Waals surface area (Å²) in [5.41, 5.74) is 2.63. The third kappa shape index (κ3) is 1.74. The SMILES string of the molecule is CN1C[C@]2(CCN3CCc4ccccc4[C@@H]3C2)OC1=O. The molecule has 106 valence electrons. The molecule has 0 aliphatic carbocycles. The van der Waals surface area contributed by atoms with Crippen LogP contribution < -0.4 is 0 Å². The third-order valence-electron chi connectivity index (χ3n) is 5.08. The van der Waals surface area contributed by atoms with Crippen LogP contribution in [0.2, 0.25) is 0 Å². The zero-order valence-electron chi connectivity index (χ0n) is 11.8. The van der Waals surface area contributed by atoms with Crippen molar-refractivity contribution in [1.82, 2.24) is 9.80 Å². The number of piperidine rings is 1. The molecule has 0 N–H and O–H groups in total. The summed E-state index contributed by atoms with van der Waals surface area (Å²) in [4.78, 5) is 16.0. The van der Waals surface area contributed by atoms with Crippen molar-refractivity contribution < 1.29 is 9.53 Å². The van der Waals surface area contributed by atoms with E-state index in [4.69, 9.17) is 4.74 Å². The van der Waals surface area contributed by atoms with Crippen LogP contribution in [0.25, 0.3) is 0 Å². The van der Waals surface area contributed by atoms with Gasteiger partial charge >= 0.3 is 6.09 Å². The molecule has 1 aromatic rings. The quantitative estimate of drug-likeness (QED) is 0.726. The van der Waals surface area contributed by atoms with Crippen LogP contribution in [0.3, 0.4) is 0 Å². The Balaban J connectivity index is 1.66. The minimum Gasteiger partial charge on any atom is -0.441 e. The van der Waals surface area contributed by atoms with E-state index in [2.05, 4.69) is 29.2 Å². The molecule has 1 spiro atoms. The first-order valence-corrected chi connectivity index (χ1v) is 7.43. The Bertz CT molecular complexity index is 559. The molecule has 2 fully saturated rings. The van der Waals surface area contributed by atoms with Gasteiger partial charge in [-0.3, -0.25) is 4.90 Å². The molecule has 3 aliphatic rings. The zero-order chi connectivity index (χ0) is 13.7. The van der Waals surface area contributed by atoms with E-state index in [0.29, 0.717) is 6.04 Å². The Morgan fingerprint density at radius 2 is 2.15 bits per heavy atom. The average Bonchev–Trinajstić information content (AvgIpc) is 2.73. The highest BCUT2D eigenvalue weighted by atomic mass is 16.6. The van der Waals surface area contributed by atoms with Gasteiger partial charge in [0.2, 0.25) is 0 Å². The topological polar surface area (TPSA) is 32.8 Å². The van der Waals surface area contributed by atoms with E-state index in [1.807, 2.05) is 7.05 Å². The zero-order valence-corrected chi connectivity index (χ0v) is 11.8. The lowest BCUT2D eigenvalue weighted by Crippen LogP contribution is -2.50. The average molecular weight is 272 g/mol. The number of rotatable bonds is 0. The molecular weight excluding hydrogens is 252 g/mol. The summed E-state index contributed by atoms with van der Waals surface area (Å²) in [6.45, 7) is 2.89. The van der Waals surface area contributed by atoms with Gasteiger partial charge in [-0.05, 0) is 17.5 Å². The molecule has 0 unspecified atom stereocenters. The minimum absolute atomic E-state index is 0.164. The molecule has 0 aromatic heterocycles. The summed E-state index contributed by atoms with van der Waals surface area (Å²) in [5, 5.41) is 0. The van der Waals surface area contributed by atoms with E-state index < -0.39 is 0 Å². The summed E-state index contributed by atoms with van der Waals surface area (Å²) in [7, 11) is 1.83. The monoisotopic (exact) mass is 272 g/mol. The Morgan fingerprint density at radius 3 is 2.95 bits per heavy atom. The van der Waals surface area contributed by atoms with Crippen molar-refractivity contribution in [2.75, 3.05) is 26.7 Å². The van der Waals surface area contributed by atoms with E-state index in [0.717, 1.165) is 38.9 Å². The van der Waals surface area contributed by atoms with Crippen molar-refractivity contribution in [3.63, 3.8) is 0 Å². The Hall–Kier alpha value is -1.55. The lowest BCUT2D eigenvalue weighted by Gasteiger charge is -2.46. The summed E-state index contributed by atoms with van der Waals surface area (Å²) >= 11 is 0. The van der Waals surface area contributed by atoms with E-state index in [1.165, 1.54) is 11.1 Å². The maximum absolute atomic E-state index is 11.7. The number of hydrogen-bond acceptors (Lipinski definition) is 3. The fraction of sp³-hybridized carbons (Fsp3) is 0.562. The maximum atomic E-state index is 11.7. The lowest BCUT2D eigenvalue weighted by molar-refractivity contribution is -0.0299. The van der Waals surface area contributed by atoms with Crippen molar-refractivity contribution in [1.29, 1.82) is 0 Å². The van der Waals surface area contributed by atoms with E-state index in [1.54, 1.807) is 4.90 Å². The van der Waals surface area contributed by atoms with Crippen molar-refractivity contribution in [2.24, 2.45) is 0 Å². The molecule has 4 nitrogen and oxygen atoms in total. The number of carbonyl (C=O) groups excluding carboxylic acids is 1. The minimum atomic E-state index is -0.266. The molecule has 0 bridgehead atoms. The highest BCUT2D eigenvalue weighted by molar-refractivity contribution is 5.70. The molecule has 0 saturated carbocycles. The van der Waals surface area contributed by atoms with E-state index >= 15 is 0 Å². The smallest absolute Gasteiger partial charge is 0.410 e. The molecule has 1 aromatic carbocycles. The first-order valence-electron chi connectivity index (χ1n) is 7.43. The van der Waals surface area contributed by atoms with Crippen molar-refractivity contribution in [3.05, 3.63) is 35.4 Å². The fourth-order valence-electron chi connectivity index (χ4n) is 4.04. The predicted octanol–water partition coefficient (Wildman–Crippen LogP) is 2.20. The highest BCUT2D eigenvalue weighted by Crippen LogP contribution is 2.44. The van der Waals surface area contributed by atoms with Gasteiger partial charge in [-0.2, -0.15) is 0 Å². The molecule has 3 heterocycles. The number of ether oxygens (including phenoxy) is 1. The molecule has 2 saturated heterocycles. The maximum Gasteiger partial charge on any atom is 0.410 e. The number of fused-ring (bicyclic) bond motifs is 3. The molecule has 3 aliphatic heterocycles. The number of amides is 1. The van der Waals surface area contributed by atoms with Gasteiger partial charge < -0.3 is 9.64 Å². The van der Waals surface area contributed by atoms with Gasteiger partial charge in [-0.25, -0.2) is 4.79 Å². The fourth-order valence-corrected chi connectivity index (χ4v) is 4.04. The van der Waals surface area contributed by atoms with Gasteiger partial charge in [0.15, 0.2) is 0 Å². The number of benzene rings is 1. The molecule has 1 amide bonds. The van der Waals surface area contributed by atoms with Crippen LogP contribution in [0.15, 0.2) is 24.3 Å². The van der Waals surface area contributed by atoms with Crippen LogP contribution in [0.5, 0.6) is 0 Å². The summed E-state index contributed by atoms with van der Waals surface area (Å²) < 4.78 is 5.73. The van der Waals surface area contributed by atoms with Crippen molar-refractivity contribution in [3.8, 4) is 0 Å². The second-order valence-corrected chi connectivity index (χ2v) is 6.36. The van der Waals surface area contributed by atoms with Gasteiger partial charge in [0.25, 0.3) is 0 Å². The van der Waals surface area contributed by atoms with Crippen LogP contribution in [0.1, 0.15) is 30.0 Å². The van der Waals surface area contributed by atoms with Crippen molar-refractivity contribution >= 4 is 6.09 Å². The number of likely N-dealkylation sites (N-methyl/N-ethyl adjacent to an activating group) is 1. The van der Waals surface area contributed by atoms with Gasteiger partial charge in [-0.15, -0.1) is 0 Å². The van der Waals surface area contributed by atoms with Gasteiger partial charge in [0.05, 0.1) is 6.54 Å². The Kier molecular flexibility index (Phi) is 2.58. The lowest BCUT2D eigenvalue weighted by atomic mass is 9.79. The summed E-state index contributed by atoms with van der Waals surface area (Å²) in [6.07, 6.45) is 2.86. The number of nitrogens with zero attached hydrogens (tertiary/aromatic N) is 2. The second kappa shape index (κ2) is 4.22. The van der Waals surface area contributed by atoms with Gasteiger partial charge in [0, 0.05) is 39.0 Å². The first kappa shape index (κ1) is 12.2. The Morgan fingerprint density at radius 1 is 1.30 bits per heavy atom. The molecular formula is C16H20N2O2. The summed E-state index contributed by atoms with van der Waals surface area (Å²) in [5.74, 6) is 0. The number of hydrogen-bond donors (Lipinski definition) is 0. The first-order chi connectivity index (χ1) is 9.67. The van der Waals surface area contributed by atoms with Gasteiger partial charge in [0.1, 0.15) is 5.60 Å². The molecule has 20 heavy (non-hydrogen) atoms. The molecule has 4 heteroatoms. The van der Waals surface area contributed by atoms with E-state index in [-0.39, 0.29) is 11.7 Å². The second-order valence-electron chi connectivity index (χ2n) is 6.36. The van der Waals surface area contributed by atoms with Crippen molar-refractivity contribution in [2.45, 2.75) is 30.9 Å². The molecule has 4 rings (SSSR count). The van der Waals surface area contributed by atoms with Gasteiger partial charge in [-0.1, -0.05) is 24.3 Å². The normalized spacial score (nSPS) is 33.0. The predicted molar refractivity (Wildman–Crippen MR) is 75.5 cm³/mol. The molecule has 0 radical (unpaired) electrons. The van der Waals surface area contributed by atoms with Crippen LogP contribution in [-0.2, 0) is 11.2 Å².